The molecule has 0 N–H and O–H groups in total. The lowest BCUT2D eigenvalue weighted by molar-refractivity contribution is 0.730. The summed E-state index contributed by atoms with van der Waals surface area (Å²) in [5, 5.41) is 0. The zero-order valence-electron chi connectivity index (χ0n) is 5.59. The largest absolute Gasteiger partial charge is 0.0770 e. The molecular weight excluding hydrogens is 108 g/mol. The Balaban J connectivity index is 2.40. The number of hydrogen-bond acceptors (Lipinski definition) is 0. The van der Waals surface area contributed by atoms with Crippen molar-refractivity contribution in [3.63, 3.8) is 0 Å². The van der Waals surface area contributed by atoms with Gasteiger partial charge in [-0.15, -0.1) is 0 Å². The van der Waals surface area contributed by atoms with Gasteiger partial charge in [0.15, 0.2) is 0 Å². The van der Waals surface area contributed by atoms with Crippen molar-refractivity contribution in [2.24, 2.45) is 5.92 Å². The maximum Gasteiger partial charge on any atom is -0.000413 e. The molecule has 3 aliphatic rings. The first-order valence-electron chi connectivity index (χ1n) is 3.42. The van der Waals surface area contributed by atoms with Crippen LogP contribution < -0.4 is 0 Å². The smallest absolute Gasteiger partial charge is 0.000413 e. The van der Waals surface area contributed by atoms with E-state index in [2.05, 4.69) is 31.2 Å². The Morgan fingerprint density at radius 2 is 2.33 bits per heavy atom. The van der Waals surface area contributed by atoms with Gasteiger partial charge < -0.3 is 0 Å². The molecule has 0 fully saturated rings. The van der Waals surface area contributed by atoms with Gasteiger partial charge in [0.25, 0.3) is 0 Å². The molecule has 1 unspecified atom stereocenters. The standard InChI is InChI=1S/C9H10/c1-7-2-3-8-5-9(4-7)6-8/h2-5,8H,6H2,1H3. The van der Waals surface area contributed by atoms with Crippen LogP contribution in [-0.2, 0) is 0 Å². The average Bonchev–Trinajstić information content (AvgIpc) is 1.93. The van der Waals surface area contributed by atoms with Crippen LogP contribution in [0.2, 0.25) is 0 Å². The van der Waals surface area contributed by atoms with Gasteiger partial charge in [0.1, 0.15) is 0 Å². The number of rotatable bonds is 0. The molecule has 9 heavy (non-hydrogen) atoms. The number of fused-ring (bicyclic) bond motifs is 1. The zero-order valence-corrected chi connectivity index (χ0v) is 5.59. The summed E-state index contributed by atoms with van der Waals surface area (Å²) in [6.07, 6.45) is 10.4. The highest BCUT2D eigenvalue weighted by atomic mass is 14.2. The van der Waals surface area contributed by atoms with E-state index < -0.39 is 0 Å². The predicted molar refractivity (Wildman–Crippen MR) is 39.1 cm³/mol. The highest BCUT2D eigenvalue weighted by Crippen LogP contribution is 2.31. The highest BCUT2D eigenvalue weighted by Gasteiger charge is 2.15. The highest BCUT2D eigenvalue weighted by molar-refractivity contribution is 5.40. The summed E-state index contributed by atoms with van der Waals surface area (Å²) in [5.41, 5.74) is 2.91. The molecule has 0 aliphatic heterocycles. The predicted octanol–water partition coefficient (Wildman–Crippen LogP) is 2.45. The molecule has 0 spiro atoms. The van der Waals surface area contributed by atoms with Crippen LogP contribution in [0.3, 0.4) is 0 Å². The van der Waals surface area contributed by atoms with E-state index in [1.54, 1.807) is 0 Å². The molecule has 2 bridgehead atoms. The first-order valence-corrected chi connectivity index (χ1v) is 3.42. The van der Waals surface area contributed by atoms with Gasteiger partial charge in [0.2, 0.25) is 0 Å². The van der Waals surface area contributed by atoms with E-state index in [0.29, 0.717) is 0 Å². The molecule has 0 radical (unpaired) electrons. The third kappa shape index (κ3) is 0.748. The van der Waals surface area contributed by atoms with Crippen molar-refractivity contribution < 1.29 is 0 Å². The third-order valence-electron chi connectivity index (χ3n) is 1.92. The van der Waals surface area contributed by atoms with Gasteiger partial charge in [-0.1, -0.05) is 35.5 Å². The van der Waals surface area contributed by atoms with Crippen LogP contribution in [0.25, 0.3) is 0 Å². The molecule has 0 nitrogen and oxygen atoms in total. The second-order valence-corrected chi connectivity index (χ2v) is 2.86. The molecule has 0 saturated carbocycles. The maximum atomic E-state index is 2.33. The van der Waals surface area contributed by atoms with Crippen molar-refractivity contribution in [2.45, 2.75) is 13.3 Å². The lowest BCUT2D eigenvalue weighted by atomic mass is 9.88. The Hall–Kier alpha value is -0.780. The van der Waals surface area contributed by atoms with E-state index in [0.717, 1.165) is 5.92 Å². The lowest BCUT2D eigenvalue weighted by Crippen LogP contribution is -2.03. The monoisotopic (exact) mass is 118 g/mol. The third-order valence-corrected chi connectivity index (χ3v) is 1.92. The van der Waals surface area contributed by atoms with E-state index in [1.165, 1.54) is 17.6 Å². The van der Waals surface area contributed by atoms with E-state index in [-0.39, 0.29) is 0 Å². The molecule has 3 rings (SSSR count). The second-order valence-electron chi connectivity index (χ2n) is 2.86. The summed E-state index contributed by atoms with van der Waals surface area (Å²) in [7, 11) is 0. The van der Waals surface area contributed by atoms with Crippen LogP contribution in [0.5, 0.6) is 0 Å². The molecule has 0 heterocycles. The summed E-state index contributed by atoms with van der Waals surface area (Å²) in [4.78, 5) is 0. The molecule has 0 amide bonds. The van der Waals surface area contributed by atoms with Crippen molar-refractivity contribution in [3.8, 4) is 0 Å². The molecule has 3 aliphatic carbocycles. The molecule has 46 valence electrons. The molecule has 0 heteroatoms. The maximum absolute atomic E-state index is 2.33. The summed E-state index contributed by atoms with van der Waals surface area (Å²) in [5.74, 6) is 0.758. The summed E-state index contributed by atoms with van der Waals surface area (Å²) in [6, 6.07) is 0. The van der Waals surface area contributed by atoms with Crippen LogP contribution >= 0.6 is 0 Å². The Morgan fingerprint density at radius 1 is 1.56 bits per heavy atom. The normalized spacial score (nSPS) is 30.1. The van der Waals surface area contributed by atoms with E-state index in [1.807, 2.05) is 0 Å². The van der Waals surface area contributed by atoms with Gasteiger partial charge in [-0.2, -0.15) is 0 Å². The van der Waals surface area contributed by atoms with E-state index in [4.69, 9.17) is 0 Å². The Morgan fingerprint density at radius 3 is 3.11 bits per heavy atom. The first kappa shape index (κ1) is 5.04. The van der Waals surface area contributed by atoms with Crippen LogP contribution in [0.4, 0.5) is 0 Å². The molecule has 0 aromatic heterocycles. The van der Waals surface area contributed by atoms with Gasteiger partial charge >= 0.3 is 0 Å². The molecule has 0 aromatic carbocycles. The lowest BCUT2D eigenvalue weighted by Gasteiger charge is -2.17. The quantitative estimate of drug-likeness (QED) is 0.458. The molecule has 0 saturated heterocycles. The van der Waals surface area contributed by atoms with Crippen molar-refractivity contribution in [2.75, 3.05) is 0 Å². The molecule has 0 aromatic rings. The number of hydrogen-bond donors (Lipinski definition) is 0. The van der Waals surface area contributed by atoms with Gasteiger partial charge in [-0.05, 0) is 19.3 Å². The van der Waals surface area contributed by atoms with Crippen molar-refractivity contribution >= 4 is 0 Å². The van der Waals surface area contributed by atoms with Crippen molar-refractivity contribution in [1.29, 1.82) is 0 Å². The Bertz CT molecular complexity index is 216. The van der Waals surface area contributed by atoms with Crippen LogP contribution in [0, 0.1) is 5.92 Å². The van der Waals surface area contributed by atoms with Crippen molar-refractivity contribution in [1.82, 2.24) is 0 Å². The average molecular weight is 118 g/mol. The fraction of sp³-hybridized carbons (Fsp3) is 0.333. The fourth-order valence-corrected chi connectivity index (χ4v) is 1.36. The summed E-state index contributed by atoms with van der Waals surface area (Å²) in [6.45, 7) is 2.15. The van der Waals surface area contributed by atoms with Gasteiger partial charge in [0.05, 0.1) is 0 Å². The molecule has 1 atom stereocenters. The van der Waals surface area contributed by atoms with E-state index >= 15 is 0 Å². The fourth-order valence-electron chi connectivity index (χ4n) is 1.36. The minimum atomic E-state index is 0.758. The zero-order chi connectivity index (χ0) is 6.27. The summed E-state index contributed by atoms with van der Waals surface area (Å²) < 4.78 is 0. The van der Waals surface area contributed by atoms with Crippen LogP contribution in [0.15, 0.2) is 35.5 Å². The SMILES string of the molecule is CC1=CC2=CC(C=C1)C2. The minimum absolute atomic E-state index is 0.758. The van der Waals surface area contributed by atoms with Crippen LogP contribution in [0.1, 0.15) is 13.3 Å². The Labute approximate surface area is 55.6 Å². The van der Waals surface area contributed by atoms with Gasteiger partial charge in [-0.3, -0.25) is 0 Å². The summed E-state index contributed by atoms with van der Waals surface area (Å²) >= 11 is 0. The molecular formula is C9H10. The van der Waals surface area contributed by atoms with Gasteiger partial charge in [-0.25, -0.2) is 0 Å². The second kappa shape index (κ2) is 1.60. The van der Waals surface area contributed by atoms with E-state index in [9.17, 15) is 0 Å². The van der Waals surface area contributed by atoms with Gasteiger partial charge in [0, 0.05) is 0 Å². The van der Waals surface area contributed by atoms with Crippen LogP contribution in [-0.4, -0.2) is 0 Å². The Kier molecular flexibility index (Phi) is 0.895. The first-order chi connectivity index (χ1) is 4.34. The van der Waals surface area contributed by atoms with Crippen molar-refractivity contribution in [3.05, 3.63) is 35.5 Å². The number of allylic oxidation sites excluding steroid dienone is 6. The minimum Gasteiger partial charge on any atom is -0.0770 e. The topological polar surface area (TPSA) is 0 Å².